The molecule has 0 bridgehead atoms. The van der Waals surface area contributed by atoms with Gasteiger partial charge >= 0.3 is 0 Å². The van der Waals surface area contributed by atoms with Crippen LogP contribution in [0.15, 0.2) is 6.07 Å². The predicted molar refractivity (Wildman–Crippen MR) is 82.5 cm³/mol. The summed E-state index contributed by atoms with van der Waals surface area (Å²) in [5, 5.41) is 4.90. The van der Waals surface area contributed by atoms with Gasteiger partial charge in [0.1, 0.15) is 0 Å². The second kappa shape index (κ2) is 5.73. The molecule has 3 rings (SSSR count). The number of ether oxygens (including phenoxy) is 2. The van der Waals surface area contributed by atoms with Gasteiger partial charge in [0.2, 0.25) is 0 Å². The van der Waals surface area contributed by atoms with E-state index in [0.29, 0.717) is 17.9 Å². The average molecular weight is 292 g/mol. The monoisotopic (exact) mass is 292 g/mol. The van der Waals surface area contributed by atoms with Gasteiger partial charge in [-0.3, -0.25) is 4.68 Å². The Kier molecular flexibility index (Phi) is 4.10. The maximum atomic E-state index is 5.83. The molecule has 4 heteroatoms. The molecule has 118 valence electrons. The number of hydrogen-bond donors (Lipinski definition) is 0. The Morgan fingerprint density at radius 2 is 1.71 bits per heavy atom. The van der Waals surface area contributed by atoms with E-state index in [1.165, 1.54) is 11.4 Å². The van der Waals surface area contributed by atoms with Crippen molar-refractivity contribution in [2.24, 2.45) is 0 Å². The smallest absolute Gasteiger partial charge is 0.168 e. The van der Waals surface area contributed by atoms with Crippen LogP contribution < -0.4 is 0 Å². The number of aromatic nitrogens is 2. The van der Waals surface area contributed by atoms with Crippen molar-refractivity contribution in [2.75, 3.05) is 13.2 Å². The van der Waals surface area contributed by atoms with E-state index in [2.05, 4.69) is 38.4 Å². The van der Waals surface area contributed by atoms with Crippen LogP contribution in [0.25, 0.3) is 0 Å². The number of nitrogens with zero attached hydrogens (tertiary/aromatic N) is 2. The van der Waals surface area contributed by atoms with Crippen LogP contribution in [-0.4, -0.2) is 28.8 Å². The van der Waals surface area contributed by atoms with E-state index in [0.717, 1.165) is 38.9 Å². The lowest BCUT2D eigenvalue weighted by Gasteiger charge is -2.36. The summed E-state index contributed by atoms with van der Waals surface area (Å²) in [6.07, 6.45) is 4.18. The maximum absolute atomic E-state index is 5.83. The molecule has 1 aliphatic heterocycles. The minimum atomic E-state index is -0.275. The minimum Gasteiger partial charge on any atom is -0.348 e. The maximum Gasteiger partial charge on any atom is 0.168 e. The predicted octanol–water partition coefficient (Wildman–Crippen LogP) is 3.99. The van der Waals surface area contributed by atoms with Gasteiger partial charge in [0.05, 0.1) is 24.9 Å². The van der Waals surface area contributed by atoms with Crippen molar-refractivity contribution in [3.8, 4) is 0 Å². The second-order valence-corrected chi connectivity index (χ2v) is 7.09. The molecular formula is C17H28N2O2. The van der Waals surface area contributed by atoms with E-state index in [4.69, 9.17) is 14.6 Å². The van der Waals surface area contributed by atoms with Gasteiger partial charge in [0.25, 0.3) is 0 Å². The van der Waals surface area contributed by atoms with Gasteiger partial charge in [-0.05, 0) is 30.7 Å². The minimum absolute atomic E-state index is 0.275. The topological polar surface area (TPSA) is 36.3 Å². The average Bonchev–Trinajstić information content (AvgIpc) is 3.07. The summed E-state index contributed by atoms with van der Waals surface area (Å²) in [5.41, 5.74) is 2.58. The van der Waals surface area contributed by atoms with Gasteiger partial charge in [0, 0.05) is 18.5 Å². The first-order valence-electron chi connectivity index (χ1n) is 8.38. The third kappa shape index (κ3) is 2.88. The van der Waals surface area contributed by atoms with Crippen molar-refractivity contribution in [3.63, 3.8) is 0 Å². The molecule has 1 aromatic heterocycles. The van der Waals surface area contributed by atoms with Gasteiger partial charge in [-0.2, -0.15) is 5.10 Å². The van der Waals surface area contributed by atoms with Crippen molar-refractivity contribution >= 4 is 0 Å². The van der Waals surface area contributed by atoms with E-state index in [1.807, 2.05) is 0 Å². The molecule has 1 aromatic rings. The largest absolute Gasteiger partial charge is 0.348 e. The third-order valence-corrected chi connectivity index (χ3v) is 4.84. The highest BCUT2D eigenvalue weighted by Gasteiger charge is 2.41. The van der Waals surface area contributed by atoms with Gasteiger partial charge in [-0.25, -0.2) is 0 Å². The zero-order valence-corrected chi connectivity index (χ0v) is 13.8. The Morgan fingerprint density at radius 3 is 2.24 bits per heavy atom. The lowest BCUT2D eigenvalue weighted by atomic mass is 9.89. The van der Waals surface area contributed by atoms with Crippen LogP contribution in [0.3, 0.4) is 0 Å². The third-order valence-electron chi connectivity index (χ3n) is 4.84. The summed E-state index contributed by atoms with van der Waals surface area (Å²) < 4.78 is 14.0. The Bertz CT molecular complexity index is 477. The van der Waals surface area contributed by atoms with Crippen LogP contribution in [0.1, 0.15) is 82.6 Å². The van der Waals surface area contributed by atoms with Crippen LogP contribution in [0.2, 0.25) is 0 Å². The van der Waals surface area contributed by atoms with E-state index < -0.39 is 0 Å². The molecule has 4 nitrogen and oxygen atoms in total. The molecule has 2 aliphatic rings. The fraction of sp³-hybridized carbons (Fsp3) is 0.824. The van der Waals surface area contributed by atoms with E-state index in [9.17, 15) is 0 Å². The van der Waals surface area contributed by atoms with Crippen LogP contribution >= 0.6 is 0 Å². The molecule has 0 radical (unpaired) electrons. The summed E-state index contributed by atoms with van der Waals surface area (Å²) in [7, 11) is 0. The molecule has 21 heavy (non-hydrogen) atoms. The molecule has 1 saturated heterocycles. The van der Waals surface area contributed by atoms with Crippen molar-refractivity contribution in [1.82, 2.24) is 9.78 Å². The summed E-state index contributed by atoms with van der Waals surface area (Å²) in [5.74, 6) is 0.725. The van der Waals surface area contributed by atoms with Crippen molar-refractivity contribution < 1.29 is 9.47 Å². The van der Waals surface area contributed by atoms with E-state index in [-0.39, 0.29) is 5.79 Å². The molecule has 0 atom stereocenters. The van der Waals surface area contributed by atoms with E-state index >= 15 is 0 Å². The quantitative estimate of drug-likeness (QED) is 0.845. The lowest BCUT2D eigenvalue weighted by Crippen LogP contribution is -2.36. The molecule has 0 aromatic carbocycles. The van der Waals surface area contributed by atoms with Gasteiger partial charge in [0.15, 0.2) is 5.79 Å². The second-order valence-electron chi connectivity index (χ2n) is 7.09. The first-order chi connectivity index (χ1) is 10.0. The summed E-state index contributed by atoms with van der Waals surface area (Å²) in [6.45, 7) is 10.4. The SMILES string of the molecule is CC(C)c1cc(C(C)C)n(C2CCC3(CC2)OCCO3)n1. The highest BCUT2D eigenvalue weighted by atomic mass is 16.7. The molecule has 2 fully saturated rings. The standard InChI is InChI=1S/C17H28N2O2/c1-12(2)15-11-16(13(3)4)19(18-15)14-5-7-17(8-6-14)20-9-10-21-17/h11-14H,5-10H2,1-4H3. The first kappa shape index (κ1) is 15.0. The fourth-order valence-electron chi connectivity index (χ4n) is 3.51. The molecule has 0 amide bonds. The number of hydrogen-bond acceptors (Lipinski definition) is 3. The lowest BCUT2D eigenvalue weighted by molar-refractivity contribution is -0.181. The molecular weight excluding hydrogens is 264 g/mol. The fourth-order valence-corrected chi connectivity index (χ4v) is 3.51. The summed E-state index contributed by atoms with van der Waals surface area (Å²) in [6, 6.07) is 2.79. The molecule has 1 saturated carbocycles. The Hall–Kier alpha value is -0.870. The highest BCUT2D eigenvalue weighted by Crippen LogP contribution is 2.41. The van der Waals surface area contributed by atoms with Crippen LogP contribution in [0, 0.1) is 0 Å². The Morgan fingerprint density at radius 1 is 1.10 bits per heavy atom. The van der Waals surface area contributed by atoms with Crippen molar-refractivity contribution in [2.45, 2.75) is 77.0 Å². The molecule has 0 unspecified atom stereocenters. The van der Waals surface area contributed by atoms with Crippen LogP contribution in [-0.2, 0) is 9.47 Å². The Balaban J connectivity index is 1.78. The zero-order chi connectivity index (χ0) is 15.0. The molecule has 2 heterocycles. The summed E-state index contributed by atoms with van der Waals surface area (Å²) >= 11 is 0. The molecule has 1 aliphatic carbocycles. The Labute approximate surface area is 127 Å². The highest BCUT2D eigenvalue weighted by molar-refractivity contribution is 5.17. The zero-order valence-electron chi connectivity index (χ0n) is 13.8. The normalized spacial score (nSPS) is 22.8. The van der Waals surface area contributed by atoms with Gasteiger partial charge in [-0.15, -0.1) is 0 Å². The number of rotatable bonds is 3. The van der Waals surface area contributed by atoms with Gasteiger partial charge < -0.3 is 9.47 Å². The first-order valence-corrected chi connectivity index (χ1v) is 8.38. The molecule has 1 spiro atoms. The summed E-state index contributed by atoms with van der Waals surface area (Å²) in [4.78, 5) is 0. The van der Waals surface area contributed by atoms with Crippen LogP contribution in [0.4, 0.5) is 0 Å². The van der Waals surface area contributed by atoms with Crippen LogP contribution in [0.5, 0.6) is 0 Å². The van der Waals surface area contributed by atoms with Gasteiger partial charge in [-0.1, -0.05) is 27.7 Å². The van der Waals surface area contributed by atoms with Crippen molar-refractivity contribution in [3.05, 3.63) is 17.5 Å². The molecule has 0 N–H and O–H groups in total. The van der Waals surface area contributed by atoms with E-state index in [1.54, 1.807) is 0 Å². The van der Waals surface area contributed by atoms with Crippen molar-refractivity contribution in [1.29, 1.82) is 0 Å².